The van der Waals surface area contributed by atoms with Crippen LogP contribution in [0.1, 0.15) is 15.9 Å². The second kappa shape index (κ2) is 10.8. The molecule has 0 atom stereocenters. The van der Waals surface area contributed by atoms with Crippen molar-refractivity contribution in [3.05, 3.63) is 107 Å². The number of hydrogen-bond donors (Lipinski definition) is 1. The van der Waals surface area contributed by atoms with Crippen molar-refractivity contribution >= 4 is 59.9 Å². The largest absolute Gasteiger partial charge is 0.494 e. The minimum absolute atomic E-state index is 0.0855. The average Bonchev–Trinajstić information content (AvgIpc) is 3.39. The van der Waals surface area contributed by atoms with Gasteiger partial charge in [0, 0.05) is 12.4 Å². The van der Waals surface area contributed by atoms with Crippen molar-refractivity contribution in [3.8, 4) is 5.75 Å². The highest BCUT2D eigenvalue weighted by Crippen LogP contribution is 2.39. The van der Waals surface area contributed by atoms with Gasteiger partial charge in [0.05, 0.1) is 39.5 Å². The first-order chi connectivity index (χ1) is 18.4. The molecule has 5 aromatic rings. The lowest BCUT2D eigenvalue weighted by molar-refractivity contribution is 0.0986. The van der Waals surface area contributed by atoms with Gasteiger partial charge in [0.1, 0.15) is 11.3 Å². The molecule has 2 aromatic heterocycles. The maximum atomic E-state index is 14.1. The fraction of sp³-hybridized carbons (Fsp3) is 0.0741. The monoisotopic (exact) mass is 564 g/mol. The molecule has 1 N–H and O–H groups in total. The van der Waals surface area contributed by atoms with Crippen molar-refractivity contribution in [2.75, 3.05) is 16.7 Å². The number of hydrogen-bond acceptors (Lipinski definition) is 7. The Hall–Kier alpha value is -3.99. The van der Waals surface area contributed by atoms with E-state index < -0.39 is 15.9 Å². The Balaban J connectivity index is 1.59. The van der Waals surface area contributed by atoms with Gasteiger partial charge in [-0.3, -0.25) is 19.4 Å². The first-order valence-corrected chi connectivity index (χ1v) is 14.1. The molecule has 0 aliphatic rings. The first kappa shape index (κ1) is 25.7. The molecule has 0 unspecified atom stereocenters. The number of benzene rings is 3. The van der Waals surface area contributed by atoms with Crippen molar-refractivity contribution in [2.24, 2.45) is 0 Å². The van der Waals surface area contributed by atoms with Gasteiger partial charge in [0.25, 0.3) is 15.9 Å². The first-order valence-electron chi connectivity index (χ1n) is 11.4. The predicted molar refractivity (Wildman–Crippen MR) is 150 cm³/mol. The zero-order valence-electron chi connectivity index (χ0n) is 20.0. The summed E-state index contributed by atoms with van der Waals surface area (Å²) in [5, 5.41) is 0.857. The number of sulfonamides is 1. The van der Waals surface area contributed by atoms with Crippen molar-refractivity contribution in [1.29, 1.82) is 0 Å². The zero-order valence-corrected chi connectivity index (χ0v) is 22.4. The Morgan fingerprint density at radius 2 is 1.79 bits per heavy atom. The smallest absolute Gasteiger partial charge is 0.262 e. The number of halogens is 1. The van der Waals surface area contributed by atoms with Crippen LogP contribution in [-0.4, -0.2) is 31.4 Å². The SMILES string of the molecule is COc1ccc(Cl)c2sc(N(Cc3cccnc3)C(=O)c3ccccc3NS(=O)(=O)c3ccccc3)nc12. The number of para-hydroxylation sites is 1. The van der Waals surface area contributed by atoms with Gasteiger partial charge in [-0.2, -0.15) is 0 Å². The molecule has 11 heteroatoms. The summed E-state index contributed by atoms with van der Waals surface area (Å²) in [5.41, 5.74) is 1.60. The van der Waals surface area contributed by atoms with Crippen LogP contribution in [-0.2, 0) is 16.6 Å². The summed E-state index contributed by atoms with van der Waals surface area (Å²) in [6, 6.07) is 21.5. The molecule has 0 saturated heterocycles. The third-order valence-corrected chi connectivity index (χ3v) is 8.58. The summed E-state index contributed by atoms with van der Waals surface area (Å²) in [6.07, 6.45) is 3.30. The number of methoxy groups -OCH3 is 1. The molecule has 0 bridgehead atoms. The van der Waals surface area contributed by atoms with Gasteiger partial charge in [-0.05, 0) is 48.0 Å². The predicted octanol–water partition coefficient (Wildman–Crippen LogP) is 6.00. The second-order valence-electron chi connectivity index (χ2n) is 8.14. The van der Waals surface area contributed by atoms with Crippen LogP contribution in [0.5, 0.6) is 5.75 Å². The molecule has 0 aliphatic heterocycles. The van der Waals surface area contributed by atoms with Gasteiger partial charge < -0.3 is 4.74 Å². The van der Waals surface area contributed by atoms with E-state index in [4.69, 9.17) is 21.3 Å². The highest BCUT2D eigenvalue weighted by atomic mass is 35.5. The minimum atomic E-state index is -3.93. The van der Waals surface area contributed by atoms with Crippen LogP contribution in [0.2, 0.25) is 5.02 Å². The van der Waals surface area contributed by atoms with Crippen molar-refractivity contribution in [1.82, 2.24) is 9.97 Å². The molecule has 8 nitrogen and oxygen atoms in total. The Labute approximate surface area is 228 Å². The summed E-state index contributed by atoms with van der Waals surface area (Å²) >= 11 is 7.68. The van der Waals surface area contributed by atoms with Crippen LogP contribution in [0.15, 0.2) is 96.2 Å². The summed E-state index contributed by atoms with van der Waals surface area (Å²) < 4.78 is 34.8. The van der Waals surface area contributed by atoms with E-state index in [-0.39, 0.29) is 22.7 Å². The highest BCUT2D eigenvalue weighted by Gasteiger charge is 2.27. The Morgan fingerprint density at radius 3 is 2.53 bits per heavy atom. The van der Waals surface area contributed by atoms with Gasteiger partial charge in [-0.15, -0.1) is 0 Å². The van der Waals surface area contributed by atoms with Crippen LogP contribution in [0, 0.1) is 0 Å². The number of anilines is 2. The lowest BCUT2D eigenvalue weighted by atomic mass is 10.1. The van der Waals surface area contributed by atoms with Crippen LogP contribution < -0.4 is 14.4 Å². The molecule has 0 fully saturated rings. The summed E-state index contributed by atoms with van der Waals surface area (Å²) in [5.74, 6) is 0.0751. The van der Waals surface area contributed by atoms with Gasteiger partial charge in [-0.25, -0.2) is 13.4 Å². The molecular weight excluding hydrogens is 544 g/mol. The van der Waals surface area contributed by atoms with E-state index in [1.165, 1.54) is 35.5 Å². The Bertz CT molecular complexity index is 1710. The lowest BCUT2D eigenvalue weighted by Crippen LogP contribution is -2.31. The quantitative estimate of drug-likeness (QED) is 0.248. The summed E-state index contributed by atoms with van der Waals surface area (Å²) in [4.78, 5) is 24.5. The van der Waals surface area contributed by atoms with Crippen LogP contribution in [0.3, 0.4) is 0 Å². The summed E-state index contributed by atoms with van der Waals surface area (Å²) in [6.45, 7) is 0.145. The number of thiazole rings is 1. The van der Waals surface area contributed by atoms with Gasteiger partial charge >= 0.3 is 0 Å². The molecule has 2 heterocycles. The number of pyridine rings is 1. The van der Waals surface area contributed by atoms with Gasteiger partial charge in [0.2, 0.25) is 0 Å². The Kier molecular flexibility index (Phi) is 7.28. The molecular formula is C27H21ClN4O4S2. The molecule has 5 rings (SSSR count). The molecule has 38 heavy (non-hydrogen) atoms. The molecule has 1 amide bonds. The lowest BCUT2D eigenvalue weighted by Gasteiger charge is -2.22. The second-order valence-corrected chi connectivity index (χ2v) is 11.2. The van der Waals surface area contributed by atoms with Crippen molar-refractivity contribution in [3.63, 3.8) is 0 Å². The number of carbonyl (C=O) groups is 1. The fourth-order valence-corrected chi connectivity index (χ4v) is 6.18. The normalized spacial score (nSPS) is 11.3. The van der Waals surface area contributed by atoms with Crippen molar-refractivity contribution < 1.29 is 17.9 Å². The van der Waals surface area contributed by atoms with Gasteiger partial charge in [-0.1, -0.05) is 59.3 Å². The molecule has 0 aliphatic carbocycles. The number of ether oxygens (including phenoxy) is 1. The van der Waals surface area contributed by atoms with Crippen LogP contribution in [0.4, 0.5) is 10.8 Å². The van der Waals surface area contributed by atoms with E-state index >= 15 is 0 Å². The number of nitrogens with zero attached hydrogens (tertiary/aromatic N) is 3. The van der Waals surface area contributed by atoms with Gasteiger partial charge in [0.15, 0.2) is 5.13 Å². The number of nitrogens with one attached hydrogen (secondary N) is 1. The number of rotatable bonds is 8. The van der Waals surface area contributed by atoms with E-state index in [9.17, 15) is 13.2 Å². The maximum Gasteiger partial charge on any atom is 0.262 e. The molecule has 0 spiro atoms. The summed E-state index contributed by atoms with van der Waals surface area (Å²) in [7, 11) is -2.39. The zero-order chi connectivity index (χ0) is 26.7. The third kappa shape index (κ3) is 5.19. The fourth-order valence-electron chi connectivity index (χ4n) is 3.83. The molecule has 0 saturated carbocycles. The van der Waals surface area contributed by atoms with E-state index in [1.54, 1.807) is 73.1 Å². The standard InChI is InChI=1S/C27H21ClN4O4S2/c1-36-23-14-13-21(28)25-24(23)30-27(37-25)32(17-18-8-7-15-29-16-18)26(33)20-11-5-6-12-22(20)31-38(34,35)19-9-3-2-4-10-19/h2-16,31H,17H2,1H3. The topological polar surface area (TPSA) is 101 Å². The third-order valence-electron chi connectivity index (χ3n) is 5.66. The Morgan fingerprint density at radius 1 is 1.03 bits per heavy atom. The number of amides is 1. The van der Waals surface area contributed by atoms with E-state index in [1.807, 2.05) is 6.07 Å². The van der Waals surface area contributed by atoms with Crippen molar-refractivity contribution in [2.45, 2.75) is 11.4 Å². The van der Waals surface area contributed by atoms with Crippen LogP contribution >= 0.6 is 22.9 Å². The number of carbonyl (C=O) groups excluding carboxylic acids is 1. The van der Waals surface area contributed by atoms with E-state index in [0.717, 1.165) is 5.56 Å². The van der Waals surface area contributed by atoms with E-state index in [2.05, 4.69) is 9.71 Å². The molecule has 3 aromatic carbocycles. The molecule has 0 radical (unpaired) electrons. The minimum Gasteiger partial charge on any atom is -0.494 e. The molecule has 192 valence electrons. The van der Waals surface area contributed by atoms with E-state index in [0.29, 0.717) is 26.1 Å². The van der Waals surface area contributed by atoms with Crippen LogP contribution in [0.25, 0.3) is 10.2 Å². The number of fused-ring (bicyclic) bond motifs is 1. The number of aromatic nitrogens is 2. The maximum absolute atomic E-state index is 14.1. The highest BCUT2D eigenvalue weighted by molar-refractivity contribution is 7.92. The average molecular weight is 565 g/mol.